The van der Waals surface area contributed by atoms with Gasteiger partial charge in [0.25, 0.3) is 0 Å². The normalized spacial score (nSPS) is 11.0. The first-order valence-electron chi connectivity index (χ1n) is 9.55. The number of halogens is 1. The van der Waals surface area contributed by atoms with E-state index in [2.05, 4.69) is 39.8 Å². The molecule has 0 saturated carbocycles. The molecule has 0 saturated heterocycles. The van der Waals surface area contributed by atoms with Crippen molar-refractivity contribution >= 4 is 29.4 Å². The van der Waals surface area contributed by atoms with Gasteiger partial charge in [-0.2, -0.15) is 5.10 Å². The lowest BCUT2D eigenvalue weighted by Crippen LogP contribution is -2.09. The Hall–Kier alpha value is -3.63. The predicted molar refractivity (Wildman–Crippen MR) is 123 cm³/mol. The molecule has 0 spiro atoms. The molecule has 0 atom stereocenters. The number of H-pyrrole nitrogens is 1. The van der Waals surface area contributed by atoms with Gasteiger partial charge in [-0.1, -0.05) is 72.3 Å². The summed E-state index contributed by atoms with van der Waals surface area (Å²) >= 11 is 6.12. The summed E-state index contributed by atoms with van der Waals surface area (Å²) < 4.78 is 0. The molecule has 0 fully saturated rings. The summed E-state index contributed by atoms with van der Waals surface area (Å²) in [6.45, 7) is 1.91. The monoisotopic (exact) mass is 413 g/mol. The molecule has 0 aliphatic carbocycles. The molecular formula is C25H20ClN3O. The minimum absolute atomic E-state index is 0.255. The highest BCUT2D eigenvalue weighted by atomic mass is 35.5. The number of carbonyl (C=O) groups excluding carboxylic acids is 1. The summed E-state index contributed by atoms with van der Waals surface area (Å²) in [7, 11) is 0. The largest absolute Gasteiger partial charge is 0.305 e. The van der Waals surface area contributed by atoms with E-state index in [-0.39, 0.29) is 5.91 Å². The van der Waals surface area contributed by atoms with E-state index in [0.29, 0.717) is 10.8 Å². The Kier molecular flexibility index (Phi) is 5.77. The average molecular weight is 414 g/mol. The van der Waals surface area contributed by atoms with Crippen LogP contribution < -0.4 is 5.32 Å². The fraction of sp³-hybridized carbons (Fsp3) is 0.0400. The zero-order chi connectivity index (χ0) is 20.9. The number of aromatic nitrogens is 2. The second-order valence-electron chi connectivity index (χ2n) is 6.90. The molecular weight excluding hydrogens is 394 g/mol. The Bertz CT molecular complexity index is 1210. The Balaban J connectivity index is 1.52. The van der Waals surface area contributed by atoms with Crippen molar-refractivity contribution in [3.8, 4) is 22.3 Å². The molecule has 1 amide bonds. The number of nitrogens with zero attached hydrogens (tertiary/aromatic N) is 1. The van der Waals surface area contributed by atoms with Crippen molar-refractivity contribution < 1.29 is 4.79 Å². The lowest BCUT2D eigenvalue weighted by molar-refractivity contribution is -0.111. The van der Waals surface area contributed by atoms with Gasteiger partial charge in [0.2, 0.25) is 5.91 Å². The van der Waals surface area contributed by atoms with Gasteiger partial charge in [-0.05, 0) is 53.5 Å². The number of nitrogens with one attached hydrogen (secondary N) is 2. The number of benzene rings is 3. The molecule has 4 nitrogen and oxygen atoms in total. The van der Waals surface area contributed by atoms with Crippen LogP contribution in [0.2, 0.25) is 5.02 Å². The first kappa shape index (κ1) is 19.7. The van der Waals surface area contributed by atoms with Gasteiger partial charge in [-0.3, -0.25) is 9.89 Å². The first-order chi connectivity index (χ1) is 14.6. The van der Waals surface area contributed by atoms with Gasteiger partial charge in [-0.15, -0.1) is 0 Å². The molecule has 1 heterocycles. The summed E-state index contributed by atoms with van der Waals surface area (Å²) in [5, 5.41) is 10.6. The van der Waals surface area contributed by atoms with Crippen LogP contribution in [0.25, 0.3) is 28.3 Å². The third kappa shape index (κ3) is 4.50. The van der Waals surface area contributed by atoms with Gasteiger partial charge in [0.05, 0.1) is 0 Å². The van der Waals surface area contributed by atoms with Gasteiger partial charge >= 0.3 is 0 Å². The van der Waals surface area contributed by atoms with E-state index in [0.717, 1.165) is 33.5 Å². The van der Waals surface area contributed by atoms with Crippen LogP contribution in [0.1, 0.15) is 11.3 Å². The SMILES string of the molecule is Cc1[nH]nc(NC(=O)/C=C/c2cccc(-c3ccccc3)c2)c1-c1cccc(Cl)c1. The molecule has 2 N–H and O–H groups in total. The van der Waals surface area contributed by atoms with E-state index >= 15 is 0 Å². The Morgan fingerprint density at radius 1 is 0.933 bits per heavy atom. The number of aryl methyl sites for hydroxylation is 1. The maximum absolute atomic E-state index is 12.5. The predicted octanol–water partition coefficient (Wildman–Crippen LogP) is 6.36. The molecule has 4 aromatic rings. The standard InChI is InChI=1S/C25H20ClN3O/c1-17-24(21-11-6-12-22(26)16-21)25(29-28-17)27-23(30)14-13-18-7-5-10-20(15-18)19-8-3-2-4-9-19/h2-16H,1H3,(H2,27,28,29,30)/b14-13+. The van der Waals surface area contributed by atoms with Gasteiger partial charge in [-0.25, -0.2) is 0 Å². The van der Waals surface area contributed by atoms with Crippen molar-refractivity contribution in [2.75, 3.05) is 5.32 Å². The van der Waals surface area contributed by atoms with Crippen molar-refractivity contribution in [3.05, 3.63) is 101 Å². The van der Waals surface area contributed by atoms with Gasteiger partial charge in [0.1, 0.15) is 0 Å². The summed E-state index contributed by atoms with van der Waals surface area (Å²) in [5.41, 5.74) is 5.75. The highest BCUT2D eigenvalue weighted by Crippen LogP contribution is 2.31. The highest BCUT2D eigenvalue weighted by molar-refractivity contribution is 6.30. The Morgan fingerprint density at radius 2 is 1.67 bits per heavy atom. The zero-order valence-corrected chi connectivity index (χ0v) is 17.1. The topological polar surface area (TPSA) is 57.8 Å². The highest BCUT2D eigenvalue weighted by Gasteiger charge is 2.14. The van der Waals surface area contributed by atoms with Crippen LogP contribution in [0.3, 0.4) is 0 Å². The molecule has 0 aliphatic rings. The van der Waals surface area contributed by atoms with Gasteiger partial charge in [0, 0.05) is 22.4 Å². The number of amides is 1. The van der Waals surface area contributed by atoms with Crippen LogP contribution >= 0.6 is 11.6 Å². The number of anilines is 1. The van der Waals surface area contributed by atoms with E-state index in [1.165, 1.54) is 6.08 Å². The van der Waals surface area contributed by atoms with Crippen LogP contribution in [0, 0.1) is 6.92 Å². The molecule has 0 unspecified atom stereocenters. The molecule has 148 valence electrons. The number of aromatic amines is 1. The lowest BCUT2D eigenvalue weighted by Gasteiger charge is -2.05. The number of rotatable bonds is 5. The van der Waals surface area contributed by atoms with Crippen molar-refractivity contribution in [1.29, 1.82) is 0 Å². The van der Waals surface area contributed by atoms with E-state index in [1.807, 2.05) is 61.5 Å². The third-order valence-electron chi connectivity index (χ3n) is 4.72. The van der Waals surface area contributed by atoms with E-state index in [4.69, 9.17) is 11.6 Å². The van der Waals surface area contributed by atoms with Crippen molar-refractivity contribution in [2.24, 2.45) is 0 Å². The number of carbonyl (C=O) groups is 1. The summed E-state index contributed by atoms with van der Waals surface area (Å²) in [4.78, 5) is 12.5. The molecule has 3 aromatic carbocycles. The maximum atomic E-state index is 12.5. The van der Waals surface area contributed by atoms with Gasteiger partial charge < -0.3 is 5.32 Å². The first-order valence-corrected chi connectivity index (χ1v) is 9.93. The Labute approximate surface area is 180 Å². The number of hydrogen-bond donors (Lipinski definition) is 2. The molecule has 0 aliphatic heterocycles. The zero-order valence-electron chi connectivity index (χ0n) is 16.4. The van der Waals surface area contributed by atoms with Crippen molar-refractivity contribution in [2.45, 2.75) is 6.92 Å². The van der Waals surface area contributed by atoms with Crippen molar-refractivity contribution in [1.82, 2.24) is 10.2 Å². The molecule has 30 heavy (non-hydrogen) atoms. The van der Waals surface area contributed by atoms with Crippen LogP contribution in [-0.2, 0) is 4.79 Å². The second kappa shape index (κ2) is 8.80. The molecule has 0 radical (unpaired) electrons. The second-order valence-corrected chi connectivity index (χ2v) is 7.33. The summed E-state index contributed by atoms with van der Waals surface area (Å²) in [6.07, 6.45) is 3.30. The molecule has 5 heteroatoms. The van der Waals surface area contributed by atoms with E-state index < -0.39 is 0 Å². The van der Waals surface area contributed by atoms with Crippen molar-refractivity contribution in [3.63, 3.8) is 0 Å². The van der Waals surface area contributed by atoms with Gasteiger partial charge in [0.15, 0.2) is 5.82 Å². The fourth-order valence-electron chi connectivity index (χ4n) is 3.30. The quantitative estimate of drug-likeness (QED) is 0.374. The number of hydrogen-bond acceptors (Lipinski definition) is 2. The van der Waals surface area contributed by atoms with Crippen LogP contribution in [0.15, 0.2) is 84.9 Å². The molecule has 4 rings (SSSR count). The maximum Gasteiger partial charge on any atom is 0.249 e. The third-order valence-corrected chi connectivity index (χ3v) is 4.96. The smallest absolute Gasteiger partial charge is 0.249 e. The minimum Gasteiger partial charge on any atom is -0.305 e. The Morgan fingerprint density at radius 3 is 2.47 bits per heavy atom. The lowest BCUT2D eigenvalue weighted by atomic mass is 10.0. The van der Waals surface area contributed by atoms with Crippen LogP contribution in [0.4, 0.5) is 5.82 Å². The van der Waals surface area contributed by atoms with Crippen LogP contribution in [-0.4, -0.2) is 16.1 Å². The van der Waals surface area contributed by atoms with Crippen LogP contribution in [0.5, 0.6) is 0 Å². The van der Waals surface area contributed by atoms with E-state index in [1.54, 1.807) is 6.08 Å². The summed E-state index contributed by atoms with van der Waals surface area (Å²) in [5.74, 6) is 0.220. The fourth-order valence-corrected chi connectivity index (χ4v) is 3.49. The summed E-state index contributed by atoms with van der Waals surface area (Å²) in [6, 6.07) is 25.6. The average Bonchev–Trinajstić information content (AvgIpc) is 3.13. The minimum atomic E-state index is -0.255. The molecule has 1 aromatic heterocycles. The molecule has 0 bridgehead atoms. The van der Waals surface area contributed by atoms with E-state index in [9.17, 15) is 4.79 Å².